The summed E-state index contributed by atoms with van der Waals surface area (Å²) in [5.41, 5.74) is 0. The number of piperazine rings is 1. The molecule has 122 valence electrons. The van der Waals surface area contributed by atoms with Gasteiger partial charge in [-0.25, -0.2) is 8.42 Å². The summed E-state index contributed by atoms with van der Waals surface area (Å²) in [6.45, 7) is 10.3. The summed E-state index contributed by atoms with van der Waals surface area (Å²) >= 11 is 0. The van der Waals surface area contributed by atoms with Crippen molar-refractivity contribution in [2.24, 2.45) is 0 Å². The lowest BCUT2D eigenvalue weighted by molar-refractivity contribution is -0.127. The number of likely N-dealkylation sites (tertiary alicyclic amines) is 1. The minimum absolute atomic E-state index is 0.248. The van der Waals surface area contributed by atoms with Crippen molar-refractivity contribution >= 4 is 15.7 Å². The van der Waals surface area contributed by atoms with Crippen molar-refractivity contribution in [1.82, 2.24) is 15.1 Å². The molecule has 0 bridgehead atoms. The first-order valence-electron chi connectivity index (χ1n) is 7.65. The van der Waals surface area contributed by atoms with Gasteiger partial charge in [0.1, 0.15) is 5.75 Å². The van der Waals surface area contributed by atoms with Gasteiger partial charge in [-0.3, -0.25) is 9.69 Å². The average molecular weight is 317 g/mol. The quantitative estimate of drug-likeness (QED) is 0.774. The van der Waals surface area contributed by atoms with E-state index < -0.39 is 14.6 Å². The molecule has 2 heterocycles. The van der Waals surface area contributed by atoms with Gasteiger partial charge in [0.2, 0.25) is 5.91 Å². The van der Waals surface area contributed by atoms with Crippen LogP contribution in [0.4, 0.5) is 0 Å². The highest BCUT2D eigenvalue weighted by molar-refractivity contribution is 7.93. The molecular formula is C14H27N3O3S. The Kier molecular flexibility index (Phi) is 4.95. The number of hydrogen-bond acceptors (Lipinski definition) is 5. The van der Waals surface area contributed by atoms with Gasteiger partial charge < -0.3 is 10.2 Å². The van der Waals surface area contributed by atoms with Gasteiger partial charge in [0.05, 0.1) is 4.75 Å². The number of sulfone groups is 1. The minimum atomic E-state index is -3.39. The zero-order valence-electron chi connectivity index (χ0n) is 13.3. The van der Waals surface area contributed by atoms with Gasteiger partial charge in [-0.2, -0.15) is 0 Å². The van der Waals surface area contributed by atoms with E-state index in [2.05, 4.69) is 10.2 Å². The van der Waals surface area contributed by atoms with Crippen LogP contribution in [0.25, 0.3) is 0 Å². The Morgan fingerprint density at radius 2 is 1.81 bits per heavy atom. The third kappa shape index (κ3) is 3.96. The Morgan fingerprint density at radius 3 is 2.38 bits per heavy atom. The second-order valence-electron chi connectivity index (χ2n) is 6.94. The third-order valence-corrected chi connectivity index (χ3v) is 6.92. The van der Waals surface area contributed by atoms with Crippen molar-refractivity contribution in [3.05, 3.63) is 0 Å². The molecule has 6 nitrogen and oxygen atoms in total. The van der Waals surface area contributed by atoms with Crippen molar-refractivity contribution < 1.29 is 13.2 Å². The van der Waals surface area contributed by atoms with Crippen LogP contribution in [0.1, 0.15) is 27.2 Å². The maximum absolute atomic E-state index is 12.3. The summed E-state index contributed by atoms with van der Waals surface area (Å²) in [5, 5.41) is 3.32. The lowest BCUT2D eigenvalue weighted by Crippen LogP contribution is -2.49. The summed E-state index contributed by atoms with van der Waals surface area (Å²) in [4.78, 5) is 16.4. The van der Waals surface area contributed by atoms with Gasteiger partial charge in [0.15, 0.2) is 9.84 Å². The first-order chi connectivity index (χ1) is 9.71. The lowest BCUT2D eigenvalue weighted by atomic mass is 10.2. The Hall–Kier alpha value is -0.660. The standard InChI is InChI=1S/C14H27N3O3S/c1-14(2,3)21(19,20)11-13(18)17-7-4-12(10-17)16-8-5-15-6-9-16/h12,15H,4-11H2,1-3H3. The summed E-state index contributed by atoms with van der Waals surface area (Å²) in [6, 6.07) is 0.383. The fourth-order valence-electron chi connectivity index (χ4n) is 2.78. The molecule has 2 aliphatic heterocycles. The molecule has 2 saturated heterocycles. The molecule has 1 amide bonds. The maximum atomic E-state index is 12.3. The molecule has 0 aliphatic carbocycles. The molecule has 0 aromatic rings. The second-order valence-corrected chi connectivity index (χ2v) is 9.68. The fraction of sp³-hybridized carbons (Fsp3) is 0.929. The van der Waals surface area contributed by atoms with E-state index in [1.807, 2.05) is 0 Å². The Labute approximate surface area is 127 Å². The summed E-state index contributed by atoms with van der Waals surface area (Å²) in [6.07, 6.45) is 0.946. The zero-order valence-corrected chi connectivity index (χ0v) is 14.1. The van der Waals surface area contributed by atoms with Gasteiger partial charge in [-0.15, -0.1) is 0 Å². The van der Waals surface area contributed by atoms with Gasteiger partial charge in [0.25, 0.3) is 0 Å². The van der Waals surface area contributed by atoms with Crippen molar-refractivity contribution in [2.75, 3.05) is 45.0 Å². The molecule has 1 unspecified atom stereocenters. The van der Waals surface area contributed by atoms with E-state index in [4.69, 9.17) is 0 Å². The zero-order chi connectivity index (χ0) is 15.7. The normalized spacial score (nSPS) is 25.3. The van der Waals surface area contributed by atoms with Crippen LogP contribution in [0.2, 0.25) is 0 Å². The molecule has 0 radical (unpaired) electrons. The van der Waals surface area contributed by atoms with E-state index in [1.54, 1.807) is 25.7 Å². The summed E-state index contributed by atoms with van der Waals surface area (Å²) < 4.78 is 23.4. The van der Waals surface area contributed by atoms with E-state index in [1.165, 1.54) is 0 Å². The summed E-state index contributed by atoms with van der Waals surface area (Å²) in [5.74, 6) is -0.618. The number of nitrogens with one attached hydrogen (secondary N) is 1. The number of nitrogens with zero attached hydrogens (tertiary/aromatic N) is 2. The van der Waals surface area contributed by atoms with E-state index in [9.17, 15) is 13.2 Å². The van der Waals surface area contributed by atoms with Crippen molar-refractivity contribution in [2.45, 2.75) is 38.0 Å². The van der Waals surface area contributed by atoms with Crippen LogP contribution in [0.15, 0.2) is 0 Å². The molecule has 0 aromatic carbocycles. The topological polar surface area (TPSA) is 69.7 Å². The smallest absolute Gasteiger partial charge is 0.237 e. The Morgan fingerprint density at radius 1 is 1.19 bits per heavy atom. The first kappa shape index (κ1) is 16.7. The van der Waals surface area contributed by atoms with Crippen molar-refractivity contribution in [3.8, 4) is 0 Å². The van der Waals surface area contributed by atoms with Gasteiger partial charge in [-0.1, -0.05) is 0 Å². The van der Waals surface area contributed by atoms with E-state index in [-0.39, 0.29) is 11.7 Å². The molecule has 2 rings (SSSR count). The van der Waals surface area contributed by atoms with Gasteiger partial charge >= 0.3 is 0 Å². The van der Waals surface area contributed by atoms with Crippen molar-refractivity contribution in [3.63, 3.8) is 0 Å². The lowest BCUT2D eigenvalue weighted by Gasteiger charge is -2.32. The molecule has 0 saturated carbocycles. The predicted molar refractivity (Wildman–Crippen MR) is 83.0 cm³/mol. The molecule has 1 atom stereocenters. The molecule has 1 N–H and O–H groups in total. The van der Waals surface area contributed by atoms with Crippen molar-refractivity contribution in [1.29, 1.82) is 0 Å². The fourth-order valence-corrected chi connectivity index (χ4v) is 3.72. The molecule has 7 heteroatoms. The van der Waals surface area contributed by atoms with E-state index in [0.29, 0.717) is 19.1 Å². The van der Waals surface area contributed by atoms with Crippen LogP contribution in [-0.4, -0.2) is 79.9 Å². The second kappa shape index (κ2) is 6.22. The SMILES string of the molecule is CC(C)(C)S(=O)(=O)CC(=O)N1CCC(N2CCNCC2)C1. The molecule has 0 aromatic heterocycles. The third-order valence-electron chi connectivity index (χ3n) is 4.43. The first-order valence-corrected chi connectivity index (χ1v) is 9.31. The number of carbonyl (C=O) groups is 1. The monoisotopic (exact) mass is 317 g/mol. The number of carbonyl (C=O) groups excluding carboxylic acids is 1. The van der Waals surface area contributed by atoms with Crippen LogP contribution >= 0.6 is 0 Å². The molecule has 2 fully saturated rings. The van der Waals surface area contributed by atoms with Gasteiger partial charge in [-0.05, 0) is 27.2 Å². The maximum Gasteiger partial charge on any atom is 0.237 e. The Balaban J connectivity index is 1.90. The van der Waals surface area contributed by atoms with Crippen LogP contribution < -0.4 is 5.32 Å². The van der Waals surface area contributed by atoms with Crippen LogP contribution in [0, 0.1) is 0 Å². The molecular weight excluding hydrogens is 290 g/mol. The van der Waals surface area contributed by atoms with Crippen LogP contribution in [0.5, 0.6) is 0 Å². The highest BCUT2D eigenvalue weighted by Crippen LogP contribution is 2.20. The highest BCUT2D eigenvalue weighted by atomic mass is 32.2. The molecule has 0 spiro atoms. The predicted octanol–water partition coefficient (Wildman–Crippen LogP) is -0.294. The largest absolute Gasteiger partial charge is 0.340 e. The van der Waals surface area contributed by atoms with E-state index in [0.717, 1.165) is 32.6 Å². The Bertz CT molecular complexity index is 478. The number of hydrogen-bond donors (Lipinski definition) is 1. The molecule has 2 aliphatic rings. The average Bonchev–Trinajstić information content (AvgIpc) is 2.87. The van der Waals surface area contributed by atoms with Crippen LogP contribution in [-0.2, 0) is 14.6 Å². The minimum Gasteiger partial charge on any atom is -0.340 e. The number of rotatable bonds is 3. The molecule has 21 heavy (non-hydrogen) atoms. The van der Waals surface area contributed by atoms with Gasteiger partial charge in [0, 0.05) is 45.3 Å². The summed E-state index contributed by atoms with van der Waals surface area (Å²) in [7, 11) is -3.39. The number of amides is 1. The van der Waals surface area contributed by atoms with E-state index >= 15 is 0 Å². The highest BCUT2D eigenvalue weighted by Gasteiger charge is 2.36. The van der Waals surface area contributed by atoms with Crippen LogP contribution in [0.3, 0.4) is 0 Å².